The van der Waals surface area contributed by atoms with Gasteiger partial charge in [0, 0.05) is 23.0 Å². The Morgan fingerprint density at radius 1 is 1.19 bits per heavy atom. The van der Waals surface area contributed by atoms with Crippen LogP contribution in [0.15, 0.2) is 16.7 Å². The van der Waals surface area contributed by atoms with Gasteiger partial charge in [0.25, 0.3) is 0 Å². The molecular weight excluding hydrogens is 354 g/mol. The largest absolute Gasteiger partial charge is 0.453 e. The molecule has 26 heavy (non-hydrogen) atoms. The number of nitrogens with zero attached hydrogens (tertiary/aromatic N) is 3. The van der Waals surface area contributed by atoms with Gasteiger partial charge in [0.05, 0.1) is 10.7 Å². The van der Waals surface area contributed by atoms with Gasteiger partial charge in [-0.25, -0.2) is 9.78 Å². The number of carbonyl (C=O) groups excluding carboxylic acids is 2. The molecule has 0 aliphatic carbocycles. The van der Waals surface area contributed by atoms with Gasteiger partial charge in [0.2, 0.25) is 5.78 Å². The van der Waals surface area contributed by atoms with E-state index in [9.17, 15) is 9.59 Å². The molecule has 0 aliphatic heterocycles. The lowest BCUT2D eigenvalue weighted by molar-refractivity contribution is 0.0478. The molecule has 3 aromatic heterocycles. The van der Waals surface area contributed by atoms with Crippen LogP contribution in [-0.2, 0) is 4.74 Å². The molecule has 8 heteroatoms. The average Bonchev–Trinajstić information content (AvgIpc) is 3.22. The topological polar surface area (TPSA) is 87.2 Å². The van der Waals surface area contributed by atoms with Gasteiger partial charge >= 0.3 is 5.97 Å². The number of ketones is 1. The maximum Gasteiger partial charge on any atom is 0.350 e. The van der Waals surface area contributed by atoms with Gasteiger partial charge in [-0.3, -0.25) is 9.36 Å². The number of aryl methyl sites for hydroxylation is 4. The lowest BCUT2D eigenvalue weighted by atomic mass is 10.1. The number of ether oxygens (including phenoxy) is 1. The molecule has 3 aromatic rings. The normalized spacial score (nSPS) is 11.0. The lowest BCUT2D eigenvalue weighted by Gasteiger charge is -2.06. The summed E-state index contributed by atoms with van der Waals surface area (Å²) in [5.74, 6) is 0.507. The van der Waals surface area contributed by atoms with Crippen molar-refractivity contribution in [2.75, 3.05) is 6.61 Å². The molecule has 3 heterocycles. The molecule has 0 spiro atoms. The van der Waals surface area contributed by atoms with E-state index in [1.165, 1.54) is 11.3 Å². The first-order chi connectivity index (χ1) is 12.3. The summed E-state index contributed by atoms with van der Waals surface area (Å²) < 4.78 is 12.1. The Balaban J connectivity index is 1.76. The van der Waals surface area contributed by atoms with Crippen LogP contribution >= 0.6 is 11.3 Å². The van der Waals surface area contributed by atoms with Crippen molar-refractivity contribution in [3.8, 4) is 5.82 Å². The van der Waals surface area contributed by atoms with E-state index in [0.29, 0.717) is 27.7 Å². The molecule has 0 fully saturated rings. The molecule has 0 amide bonds. The molecule has 3 rings (SSSR count). The Hall–Kier alpha value is -2.74. The van der Waals surface area contributed by atoms with Gasteiger partial charge < -0.3 is 9.26 Å². The molecule has 0 saturated carbocycles. The molecule has 0 aliphatic rings. The number of Topliss-reactive ketones (excluding diaryl/α,β-unsaturated/α-hetero) is 1. The monoisotopic (exact) mass is 373 g/mol. The maximum absolute atomic E-state index is 12.5. The van der Waals surface area contributed by atoms with E-state index in [1.54, 1.807) is 26.0 Å². The summed E-state index contributed by atoms with van der Waals surface area (Å²) in [6.07, 6.45) is 0. The van der Waals surface area contributed by atoms with E-state index in [2.05, 4.69) is 10.1 Å². The Kier molecular flexibility index (Phi) is 4.78. The molecule has 0 radical (unpaired) electrons. The summed E-state index contributed by atoms with van der Waals surface area (Å²) in [6, 6.07) is 3.56. The van der Waals surface area contributed by atoms with Crippen molar-refractivity contribution in [2.24, 2.45) is 0 Å². The van der Waals surface area contributed by atoms with Crippen LogP contribution in [0.1, 0.15) is 47.9 Å². The summed E-state index contributed by atoms with van der Waals surface area (Å²) >= 11 is 1.26. The second kappa shape index (κ2) is 6.87. The predicted molar refractivity (Wildman–Crippen MR) is 96.2 cm³/mol. The fourth-order valence-corrected chi connectivity index (χ4v) is 3.66. The van der Waals surface area contributed by atoms with Crippen LogP contribution in [0.2, 0.25) is 0 Å². The zero-order valence-corrected chi connectivity index (χ0v) is 16.1. The molecule has 136 valence electrons. The van der Waals surface area contributed by atoms with Crippen molar-refractivity contribution in [3.05, 3.63) is 50.4 Å². The van der Waals surface area contributed by atoms with E-state index in [0.717, 1.165) is 16.4 Å². The first-order valence-corrected chi connectivity index (χ1v) is 8.86. The zero-order valence-electron chi connectivity index (χ0n) is 15.2. The van der Waals surface area contributed by atoms with Crippen LogP contribution in [0.4, 0.5) is 0 Å². The van der Waals surface area contributed by atoms with Crippen molar-refractivity contribution < 1.29 is 18.8 Å². The number of aromatic nitrogens is 3. The van der Waals surface area contributed by atoms with Crippen LogP contribution < -0.4 is 0 Å². The molecule has 0 atom stereocenters. The summed E-state index contributed by atoms with van der Waals surface area (Å²) in [5.41, 5.74) is 2.68. The number of rotatable bonds is 5. The van der Waals surface area contributed by atoms with Gasteiger partial charge in [0.1, 0.15) is 10.6 Å². The number of carbonyl (C=O) groups is 2. The third-order valence-electron chi connectivity index (χ3n) is 4.00. The third-order valence-corrected chi connectivity index (χ3v) is 5.05. The fourth-order valence-electron chi connectivity index (χ4n) is 2.85. The Bertz CT molecular complexity index is 996. The highest BCUT2D eigenvalue weighted by Gasteiger charge is 2.21. The van der Waals surface area contributed by atoms with Crippen molar-refractivity contribution in [2.45, 2.75) is 34.6 Å². The molecular formula is C18H19N3O4S. The first kappa shape index (κ1) is 18.1. The summed E-state index contributed by atoms with van der Waals surface area (Å²) in [7, 11) is 0. The summed E-state index contributed by atoms with van der Waals surface area (Å²) in [5, 5.41) is 4.78. The molecule has 0 bridgehead atoms. The SMILES string of the molecule is Cc1cc(-n2c(C)cc(C(=O)COC(=O)c3sc(C)nc3C)c2C)no1. The second-order valence-corrected chi connectivity index (χ2v) is 7.27. The summed E-state index contributed by atoms with van der Waals surface area (Å²) in [6.45, 7) is 8.75. The van der Waals surface area contributed by atoms with Crippen LogP contribution in [-0.4, -0.2) is 33.1 Å². The van der Waals surface area contributed by atoms with Crippen molar-refractivity contribution in [1.29, 1.82) is 0 Å². The van der Waals surface area contributed by atoms with E-state index >= 15 is 0 Å². The standard InChI is InChI=1S/C18H19N3O4S/c1-9-6-14(12(4)21(9)16-7-10(2)25-20-16)15(22)8-24-18(23)17-11(3)19-13(5)26-17/h6-7H,8H2,1-5H3. The van der Waals surface area contributed by atoms with Gasteiger partial charge in [-0.1, -0.05) is 5.16 Å². The van der Waals surface area contributed by atoms with Gasteiger partial charge in [-0.05, 0) is 40.7 Å². The van der Waals surface area contributed by atoms with E-state index in [-0.39, 0.29) is 12.4 Å². The van der Waals surface area contributed by atoms with Crippen LogP contribution in [0.25, 0.3) is 5.82 Å². The number of thiazole rings is 1. The molecule has 0 aromatic carbocycles. The van der Waals surface area contributed by atoms with Crippen molar-refractivity contribution >= 4 is 23.1 Å². The maximum atomic E-state index is 12.5. The molecule has 7 nitrogen and oxygen atoms in total. The van der Waals surface area contributed by atoms with E-state index in [4.69, 9.17) is 9.26 Å². The predicted octanol–water partition coefficient (Wildman–Crippen LogP) is 3.50. The fraction of sp³-hybridized carbons (Fsp3) is 0.333. The Morgan fingerprint density at radius 2 is 1.92 bits per heavy atom. The Morgan fingerprint density at radius 3 is 2.50 bits per heavy atom. The first-order valence-electron chi connectivity index (χ1n) is 8.05. The quantitative estimate of drug-likeness (QED) is 0.502. The molecule has 0 saturated heterocycles. The van der Waals surface area contributed by atoms with Gasteiger partial charge in [-0.15, -0.1) is 11.3 Å². The number of hydrogen-bond acceptors (Lipinski definition) is 7. The van der Waals surface area contributed by atoms with Gasteiger partial charge in [0.15, 0.2) is 12.4 Å². The van der Waals surface area contributed by atoms with E-state index < -0.39 is 5.97 Å². The van der Waals surface area contributed by atoms with Gasteiger partial charge in [-0.2, -0.15) is 0 Å². The highest BCUT2D eigenvalue weighted by Crippen LogP contribution is 2.22. The zero-order chi connectivity index (χ0) is 19.0. The minimum Gasteiger partial charge on any atom is -0.453 e. The molecule has 0 N–H and O–H groups in total. The van der Waals surface area contributed by atoms with Crippen molar-refractivity contribution in [3.63, 3.8) is 0 Å². The number of esters is 1. The smallest absolute Gasteiger partial charge is 0.350 e. The van der Waals surface area contributed by atoms with E-state index in [1.807, 2.05) is 25.3 Å². The minimum absolute atomic E-state index is 0.267. The highest BCUT2D eigenvalue weighted by atomic mass is 32.1. The van der Waals surface area contributed by atoms with Crippen molar-refractivity contribution in [1.82, 2.24) is 14.7 Å². The Labute approximate surface area is 154 Å². The van der Waals surface area contributed by atoms with Crippen LogP contribution in [0.3, 0.4) is 0 Å². The minimum atomic E-state index is -0.526. The summed E-state index contributed by atoms with van der Waals surface area (Å²) in [4.78, 5) is 29.3. The molecule has 0 unspecified atom stereocenters. The lowest BCUT2D eigenvalue weighted by Crippen LogP contribution is -2.15. The van der Waals surface area contributed by atoms with Crippen LogP contribution in [0, 0.1) is 34.6 Å². The number of hydrogen-bond donors (Lipinski definition) is 0. The highest BCUT2D eigenvalue weighted by molar-refractivity contribution is 7.13. The third kappa shape index (κ3) is 3.32. The second-order valence-electron chi connectivity index (χ2n) is 6.06. The average molecular weight is 373 g/mol. The van der Waals surface area contributed by atoms with Crippen LogP contribution in [0.5, 0.6) is 0 Å².